The van der Waals surface area contributed by atoms with Crippen LogP contribution in [0, 0.1) is 0 Å². The van der Waals surface area contributed by atoms with Crippen molar-refractivity contribution in [3.05, 3.63) is 0 Å². The van der Waals surface area contributed by atoms with Crippen molar-refractivity contribution in [1.82, 2.24) is 0 Å². The number of rotatable bonds is 6. The number of hydrogen-bond acceptors (Lipinski definition) is 5. The van der Waals surface area contributed by atoms with E-state index < -0.39 is 38.0 Å². The monoisotopic (exact) mass is 225 g/mol. The number of carbonyl (C=O) groups is 2. The Kier molecular flexibility index (Phi) is 4.93. The van der Waals surface area contributed by atoms with Gasteiger partial charge in [0.1, 0.15) is 18.0 Å². The van der Waals surface area contributed by atoms with Crippen LogP contribution in [0.1, 0.15) is 6.42 Å². The number of carbonyl (C=O) groups excluding carboxylic acids is 1. The molecule has 82 valence electrons. The first-order valence-electron chi connectivity index (χ1n) is 3.66. The molecule has 8 heteroatoms. The van der Waals surface area contributed by atoms with Gasteiger partial charge in [-0.2, -0.15) is 0 Å². The zero-order chi connectivity index (χ0) is 11.4. The zero-order valence-electron chi connectivity index (χ0n) is 7.54. The molecule has 0 heterocycles. The summed E-state index contributed by atoms with van der Waals surface area (Å²) in [6, 6.07) is -1.35. The van der Waals surface area contributed by atoms with E-state index >= 15 is 0 Å². The van der Waals surface area contributed by atoms with Crippen LogP contribution < -0.4 is 5.73 Å². The second-order valence-corrected chi connectivity index (χ2v) is 4.62. The second kappa shape index (κ2) is 5.21. The SMILES string of the molecule is COP(=O)(O)CC(=O)CC(N)C(=O)O. The van der Waals surface area contributed by atoms with Crippen molar-refractivity contribution in [1.29, 1.82) is 0 Å². The summed E-state index contributed by atoms with van der Waals surface area (Å²) in [6.07, 6.45) is -1.20. The fourth-order valence-corrected chi connectivity index (χ4v) is 1.39. The van der Waals surface area contributed by atoms with Crippen LogP contribution in [0.15, 0.2) is 0 Å². The van der Waals surface area contributed by atoms with Gasteiger partial charge in [-0.15, -0.1) is 0 Å². The molecule has 0 aromatic carbocycles. The number of carboxylic acid groups (broad SMARTS) is 1. The van der Waals surface area contributed by atoms with Gasteiger partial charge in [0, 0.05) is 13.5 Å². The summed E-state index contributed by atoms with van der Waals surface area (Å²) in [5.41, 5.74) is 5.05. The highest BCUT2D eigenvalue weighted by atomic mass is 31.2. The van der Waals surface area contributed by atoms with Crippen LogP contribution in [-0.4, -0.2) is 41.1 Å². The molecule has 2 atom stereocenters. The van der Waals surface area contributed by atoms with Gasteiger partial charge in [0.2, 0.25) is 0 Å². The number of carboxylic acids is 1. The van der Waals surface area contributed by atoms with Gasteiger partial charge >= 0.3 is 13.6 Å². The fourth-order valence-electron chi connectivity index (χ4n) is 0.685. The number of nitrogens with two attached hydrogens (primary N) is 1. The molecule has 0 aliphatic carbocycles. The Morgan fingerprint density at radius 2 is 2.07 bits per heavy atom. The average Bonchev–Trinajstić information content (AvgIpc) is 2.02. The quantitative estimate of drug-likeness (QED) is 0.504. The number of Topliss-reactive ketones (excluding diaryl/α,β-unsaturated/α-hetero) is 1. The maximum atomic E-state index is 11.0. The molecule has 0 bridgehead atoms. The van der Waals surface area contributed by atoms with E-state index in [1.807, 2.05) is 0 Å². The maximum absolute atomic E-state index is 11.0. The van der Waals surface area contributed by atoms with Gasteiger partial charge in [-0.1, -0.05) is 0 Å². The molecule has 0 aliphatic heterocycles. The summed E-state index contributed by atoms with van der Waals surface area (Å²) in [4.78, 5) is 30.1. The molecule has 0 saturated carbocycles. The number of hydrogen-bond donors (Lipinski definition) is 3. The van der Waals surface area contributed by atoms with Crippen molar-refractivity contribution >= 4 is 19.3 Å². The van der Waals surface area contributed by atoms with E-state index in [9.17, 15) is 14.2 Å². The van der Waals surface area contributed by atoms with E-state index in [1.54, 1.807) is 0 Å². The Morgan fingerprint density at radius 3 is 2.43 bits per heavy atom. The molecule has 0 fully saturated rings. The molecule has 0 aromatic heterocycles. The van der Waals surface area contributed by atoms with Gasteiger partial charge < -0.3 is 20.3 Å². The highest BCUT2D eigenvalue weighted by Gasteiger charge is 2.25. The molecule has 0 radical (unpaired) electrons. The van der Waals surface area contributed by atoms with Crippen LogP contribution in [-0.2, 0) is 18.7 Å². The first-order valence-corrected chi connectivity index (χ1v) is 5.42. The predicted molar refractivity (Wildman–Crippen MR) is 46.9 cm³/mol. The van der Waals surface area contributed by atoms with E-state index in [2.05, 4.69) is 4.52 Å². The minimum atomic E-state index is -3.91. The summed E-state index contributed by atoms with van der Waals surface area (Å²) in [7, 11) is -2.92. The molecule has 0 amide bonds. The standard InChI is InChI=1S/C6H12NO6P/c1-13-14(11,12)3-4(8)2-5(7)6(9)10/h5H,2-3,7H2,1H3,(H,9,10)(H,11,12). The molecule has 7 nitrogen and oxygen atoms in total. The molecule has 0 saturated heterocycles. The summed E-state index contributed by atoms with van der Waals surface area (Å²) in [6.45, 7) is 0. The Morgan fingerprint density at radius 1 is 1.57 bits per heavy atom. The third-order valence-electron chi connectivity index (χ3n) is 1.43. The van der Waals surface area contributed by atoms with Crippen LogP contribution in [0.25, 0.3) is 0 Å². The second-order valence-electron chi connectivity index (χ2n) is 2.67. The lowest BCUT2D eigenvalue weighted by atomic mass is 10.2. The first-order chi connectivity index (χ1) is 6.28. The highest BCUT2D eigenvalue weighted by Crippen LogP contribution is 2.40. The third-order valence-corrected chi connectivity index (χ3v) is 2.75. The Labute approximate surface area is 80.4 Å². The Balaban J connectivity index is 4.12. The third kappa shape index (κ3) is 5.08. The minimum Gasteiger partial charge on any atom is -0.480 e. The average molecular weight is 225 g/mol. The van der Waals surface area contributed by atoms with E-state index in [4.69, 9.17) is 15.7 Å². The van der Waals surface area contributed by atoms with E-state index in [0.29, 0.717) is 0 Å². The molecule has 14 heavy (non-hydrogen) atoms. The van der Waals surface area contributed by atoms with Crippen LogP contribution in [0.3, 0.4) is 0 Å². The Hall–Kier alpha value is -0.750. The van der Waals surface area contributed by atoms with Crippen LogP contribution in [0.4, 0.5) is 0 Å². The highest BCUT2D eigenvalue weighted by molar-refractivity contribution is 7.53. The summed E-state index contributed by atoms with van der Waals surface area (Å²) in [5, 5.41) is 8.35. The van der Waals surface area contributed by atoms with Crippen molar-refractivity contribution in [2.75, 3.05) is 13.3 Å². The van der Waals surface area contributed by atoms with E-state index in [-0.39, 0.29) is 0 Å². The summed E-state index contributed by atoms with van der Waals surface area (Å²) in [5.74, 6) is -2.05. The Bertz CT molecular complexity index is 277. The maximum Gasteiger partial charge on any atom is 0.335 e. The molecule has 4 N–H and O–H groups in total. The van der Waals surface area contributed by atoms with E-state index in [1.165, 1.54) is 0 Å². The lowest BCUT2D eigenvalue weighted by molar-refractivity contribution is -0.140. The van der Waals surface area contributed by atoms with Gasteiger partial charge in [0.25, 0.3) is 0 Å². The molecule has 0 spiro atoms. The molecule has 2 unspecified atom stereocenters. The largest absolute Gasteiger partial charge is 0.480 e. The molecule has 0 aliphatic rings. The fraction of sp³-hybridized carbons (Fsp3) is 0.667. The van der Waals surface area contributed by atoms with Gasteiger partial charge in [-0.3, -0.25) is 14.2 Å². The predicted octanol–water partition coefficient (Wildman–Crippen LogP) is -0.811. The van der Waals surface area contributed by atoms with Crippen molar-refractivity contribution in [2.45, 2.75) is 12.5 Å². The number of aliphatic carboxylic acids is 1. The van der Waals surface area contributed by atoms with Crippen LogP contribution in [0.5, 0.6) is 0 Å². The lowest BCUT2D eigenvalue weighted by Gasteiger charge is -2.09. The number of ketones is 1. The topological polar surface area (TPSA) is 127 Å². The van der Waals surface area contributed by atoms with E-state index in [0.717, 1.165) is 7.11 Å². The normalized spacial score (nSPS) is 17.1. The van der Waals surface area contributed by atoms with Crippen LogP contribution >= 0.6 is 7.60 Å². The minimum absolute atomic E-state index is 0.483. The van der Waals surface area contributed by atoms with Crippen molar-refractivity contribution in [3.63, 3.8) is 0 Å². The smallest absolute Gasteiger partial charge is 0.335 e. The van der Waals surface area contributed by atoms with Gasteiger partial charge in [-0.05, 0) is 0 Å². The van der Waals surface area contributed by atoms with Gasteiger partial charge in [0.05, 0.1) is 0 Å². The molecule has 0 aromatic rings. The first kappa shape index (κ1) is 13.2. The van der Waals surface area contributed by atoms with Crippen molar-refractivity contribution < 1.29 is 28.7 Å². The molecular formula is C6H12NO6P. The van der Waals surface area contributed by atoms with Gasteiger partial charge in [-0.25, -0.2) is 0 Å². The van der Waals surface area contributed by atoms with Crippen LogP contribution in [0.2, 0.25) is 0 Å². The molecule has 0 rings (SSSR count). The summed E-state index contributed by atoms with van der Waals surface area (Å²) < 4.78 is 15.0. The molecular weight excluding hydrogens is 213 g/mol. The summed E-state index contributed by atoms with van der Waals surface area (Å²) >= 11 is 0. The lowest BCUT2D eigenvalue weighted by Crippen LogP contribution is -2.33. The zero-order valence-corrected chi connectivity index (χ0v) is 8.44. The van der Waals surface area contributed by atoms with Crippen molar-refractivity contribution in [2.24, 2.45) is 5.73 Å². The van der Waals surface area contributed by atoms with Crippen molar-refractivity contribution in [3.8, 4) is 0 Å². The van der Waals surface area contributed by atoms with Gasteiger partial charge in [0.15, 0.2) is 0 Å².